The van der Waals surface area contributed by atoms with Crippen LogP contribution in [0, 0.1) is 5.92 Å². The number of halogens is 3. The lowest BCUT2D eigenvalue weighted by atomic mass is 9.97. The van der Waals surface area contributed by atoms with E-state index in [2.05, 4.69) is 50.2 Å². The molecule has 1 aromatic carbocycles. The fraction of sp³-hybridized carbons (Fsp3) is 0.600. The van der Waals surface area contributed by atoms with E-state index in [9.17, 15) is 18.0 Å². The Balaban J connectivity index is 0. The number of hydrogen-bond acceptors (Lipinski definition) is 7. The van der Waals surface area contributed by atoms with Gasteiger partial charge in [-0.05, 0) is 70.1 Å². The van der Waals surface area contributed by atoms with Crippen molar-refractivity contribution < 1.29 is 22.8 Å². The van der Waals surface area contributed by atoms with Crippen molar-refractivity contribution in [2.45, 2.75) is 71.5 Å². The first-order valence-electron chi connectivity index (χ1n) is 14.4. The van der Waals surface area contributed by atoms with Crippen molar-refractivity contribution in [1.29, 1.82) is 0 Å². The lowest BCUT2D eigenvalue weighted by molar-refractivity contribution is -0.109. The fourth-order valence-electron chi connectivity index (χ4n) is 4.43. The van der Waals surface area contributed by atoms with Crippen molar-refractivity contribution in [3.8, 4) is 0 Å². The van der Waals surface area contributed by atoms with Crippen LogP contribution in [-0.2, 0) is 16.0 Å². The number of nitrogens with one attached hydrogen (secondary N) is 3. The van der Waals surface area contributed by atoms with Gasteiger partial charge in [-0.1, -0.05) is 45.7 Å². The van der Waals surface area contributed by atoms with Gasteiger partial charge >= 0.3 is 6.18 Å². The molecule has 0 bridgehead atoms. The van der Waals surface area contributed by atoms with E-state index in [1.54, 1.807) is 0 Å². The van der Waals surface area contributed by atoms with Gasteiger partial charge in [-0.2, -0.15) is 13.2 Å². The number of anilines is 1. The zero-order valence-electron chi connectivity index (χ0n) is 26.0. The van der Waals surface area contributed by atoms with Gasteiger partial charge in [-0.3, -0.25) is 9.79 Å². The lowest BCUT2D eigenvalue weighted by Crippen LogP contribution is -2.41. The molecule has 0 aromatic heterocycles. The van der Waals surface area contributed by atoms with Crippen molar-refractivity contribution in [3.63, 3.8) is 0 Å². The van der Waals surface area contributed by atoms with Gasteiger partial charge in [0.05, 0.1) is 0 Å². The molecular weight excluding hydrogens is 547 g/mol. The van der Waals surface area contributed by atoms with E-state index in [0.717, 1.165) is 69.1 Å². The molecule has 1 amide bonds. The van der Waals surface area contributed by atoms with Gasteiger partial charge in [0.15, 0.2) is 0 Å². The number of hydrogen-bond donors (Lipinski definition) is 4. The maximum Gasteiger partial charge on any atom is 0.421 e. The monoisotopic (exact) mass is 599 g/mol. The van der Waals surface area contributed by atoms with Gasteiger partial charge in [-0.15, -0.1) is 0 Å². The van der Waals surface area contributed by atoms with Crippen molar-refractivity contribution in [2.24, 2.45) is 21.6 Å². The summed E-state index contributed by atoms with van der Waals surface area (Å²) in [5, 5.41) is 8.82. The maximum absolute atomic E-state index is 13.8. The summed E-state index contributed by atoms with van der Waals surface area (Å²) in [6, 6.07) is 7.72. The molecule has 0 aliphatic heterocycles. The van der Waals surface area contributed by atoms with E-state index < -0.39 is 11.7 Å². The average Bonchev–Trinajstić information content (AvgIpc) is 3.44. The Hall–Kier alpha value is -3.25. The highest BCUT2D eigenvalue weighted by Gasteiger charge is 2.39. The van der Waals surface area contributed by atoms with Crippen LogP contribution in [0.25, 0.3) is 0 Å². The minimum absolute atomic E-state index is 0.0100. The third-order valence-corrected chi connectivity index (χ3v) is 6.40. The molecule has 0 heterocycles. The molecule has 0 saturated heterocycles. The number of alkyl halides is 3. The highest BCUT2D eigenvalue weighted by molar-refractivity contribution is 5.99. The Labute approximate surface area is 250 Å². The van der Waals surface area contributed by atoms with Gasteiger partial charge < -0.3 is 31.4 Å². The zero-order chi connectivity index (χ0) is 32.4. The molecule has 1 aliphatic carbocycles. The van der Waals surface area contributed by atoms with E-state index >= 15 is 0 Å². The molecular formula is C30H52F3N7O2. The molecule has 2 atom stereocenters. The molecule has 12 heteroatoms. The number of likely N-dealkylation sites (N-methyl/N-ethyl adjacent to an activating group) is 1. The quantitative estimate of drug-likeness (QED) is 0.0994. The predicted octanol–water partition coefficient (Wildman–Crippen LogP) is 4.80. The number of benzene rings is 1. The molecule has 0 spiro atoms. The molecule has 9 nitrogen and oxygen atoms in total. The van der Waals surface area contributed by atoms with E-state index in [0.29, 0.717) is 18.9 Å². The molecule has 0 radical (unpaired) electrons. The summed E-state index contributed by atoms with van der Waals surface area (Å²) in [5.74, 6) is 0.145. The van der Waals surface area contributed by atoms with Crippen molar-refractivity contribution in [3.05, 3.63) is 41.6 Å². The van der Waals surface area contributed by atoms with Crippen LogP contribution in [0.3, 0.4) is 0 Å². The van der Waals surface area contributed by atoms with Gasteiger partial charge in [0.25, 0.3) is 0 Å². The van der Waals surface area contributed by atoms with Crippen molar-refractivity contribution in [2.75, 3.05) is 45.7 Å². The third-order valence-electron chi connectivity index (χ3n) is 6.40. The second-order valence-corrected chi connectivity index (χ2v) is 9.12. The Bertz CT molecular complexity index is 894. The van der Waals surface area contributed by atoms with Crippen LogP contribution < -0.4 is 21.7 Å². The summed E-state index contributed by atoms with van der Waals surface area (Å²) in [6.45, 7) is 13.5. The van der Waals surface area contributed by atoms with E-state index in [1.807, 2.05) is 51.9 Å². The van der Waals surface area contributed by atoms with Crippen LogP contribution in [0.4, 0.5) is 18.9 Å². The summed E-state index contributed by atoms with van der Waals surface area (Å²) in [5.41, 5.74) is 5.50. The largest absolute Gasteiger partial charge is 0.421 e. The van der Waals surface area contributed by atoms with Gasteiger partial charge in [0.2, 0.25) is 6.41 Å². The number of aliphatic imine (C=N–C) groups is 2. The second kappa shape index (κ2) is 25.5. The number of rotatable bonds is 15. The minimum atomic E-state index is -4.59. The van der Waals surface area contributed by atoms with E-state index in [-0.39, 0.29) is 18.5 Å². The maximum atomic E-state index is 13.8. The predicted molar refractivity (Wildman–Crippen MR) is 169 cm³/mol. The van der Waals surface area contributed by atoms with Gasteiger partial charge in [0.1, 0.15) is 24.9 Å². The first kappa shape index (κ1) is 40.9. The lowest BCUT2D eigenvalue weighted by Gasteiger charge is -2.24. The molecule has 1 fully saturated rings. The third kappa shape index (κ3) is 16.9. The fourth-order valence-corrected chi connectivity index (χ4v) is 4.43. The molecule has 1 saturated carbocycles. The Kier molecular flexibility index (Phi) is 24.8. The van der Waals surface area contributed by atoms with Gasteiger partial charge in [0, 0.05) is 37.6 Å². The number of amidine groups is 1. The number of nitrogens with two attached hydrogens (primary N) is 1. The second-order valence-electron chi connectivity index (χ2n) is 9.12. The van der Waals surface area contributed by atoms with Crippen LogP contribution in [0.2, 0.25) is 0 Å². The summed E-state index contributed by atoms with van der Waals surface area (Å²) in [6.07, 6.45) is 2.49. The number of carbonyl (C=O) groups excluding carboxylic acids is 2. The summed E-state index contributed by atoms with van der Waals surface area (Å²) in [4.78, 5) is 28.1. The van der Waals surface area contributed by atoms with Crippen LogP contribution >= 0.6 is 0 Å². The molecule has 2 rings (SSSR count). The Morgan fingerprint density at radius 1 is 1.14 bits per heavy atom. The summed E-state index contributed by atoms with van der Waals surface area (Å²) in [7, 11) is 3.49. The van der Waals surface area contributed by atoms with Crippen LogP contribution in [0.1, 0.15) is 58.4 Å². The topological polar surface area (TPSA) is 124 Å². The van der Waals surface area contributed by atoms with E-state index in [1.165, 1.54) is 7.05 Å². The van der Waals surface area contributed by atoms with Crippen LogP contribution in [0.15, 0.2) is 46.0 Å². The Morgan fingerprint density at radius 2 is 1.79 bits per heavy atom. The minimum Gasteiger partial charge on any atom is -0.367 e. The standard InChI is InChI=1S/C26H39F3N6O.C2H6.CH5N.CH2O/c1-4-6-21-7-5-8-24(21)34-25(23(17-30-2)26(27,28)29)33-18-32-22-11-9-20(10-12-22)13-15-35(3)16-14-31-19-36;3*1-2/h9-12,17,19,21,24,32H,2,4-8,13-16,18H2,1,3H3,(H,31,36)(H,33,34);1-2H3;2H2,1H3;1H2/b23-17+;;;/t21-,24?;;;/m0.../s1. The molecule has 42 heavy (non-hydrogen) atoms. The van der Waals surface area contributed by atoms with E-state index in [4.69, 9.17) is 4.79 Å². The molecule has 1 aliphatic rings. The SMILES string of the molecule is C=N/C=C(\C(=N/CNc1ccc(CCN(C)CCNC=O)cc1)NC1CCC[C@@H]1CCC)C(F)(F)F.C=O.CC.CN. The first-order chi connectivity index (χ1) is 20.3. The van der Waals surface area contributed by atoms with Crippen molar-refractivity contribution in [1.82, 2.24) is 15.5 Å². The normalized spacial score (nSPS) is 16.5. The molecule has 1 unspecified atom stereocenters. The molecule has 5 N–H and O–H groups in total. The molecule has 1 aromatic rings. The van der Waals surface area contributed by atoms with Crippen molar-refractivity contribution >= 4 is 31.4 Å². The number of nitrogens with zero attached hydrogens (tertiary/aromatic N) is 3. The number of carbonyl (C=O) groups is 2. The van der Waals surface area contributed by atoms with Crippen LogP contribution in [0.5, 0.6) is 0 Å². The van der Waals surface area contributed by atoms with Crippen LogP contribution in [-0.4, -0.2) is 83.3 Å². The highest BCUT2D eigenvalue weighted by Crippen LogP contribution is 2.31. The average molecular weight is 600 g/mol. The first-order valence-corrected chi connectivity index (χ1v) is 14.4. The summed E-state index contributed by atoms with van der Waals surface area (Å²) >= 11 is 0. The summed E-state index contributed by atoms with van der Waals surface area (Å²) < 4.78 is 41.3. The number of amides is 1. The Morgan fingerprint density at radius 3 is 2.33 bits per heavy atom. The highest BCUT2D eigenvalue weighted by atomic mass is 19.4. The zero-order valence-corrected chi connectivity index (χ0v) is 26.0. The molecule has 240 valence electrons. The smallest absolute Gasteiger partial charge is 0.367 e. The van der Waals surface area contributed by atoms with Gasteiger partial charge in [-0.25, -0.2) is 4.99 Å².